The van der Waals surface area contributed by atoms with Crippen LogP contribution in [0.3, 0.4) is 0 Å². The molecule has 0 aliphatic heterocycles. The molecule has 0 aliphatic rings. The van der Waals surface area contributed by atoms with E-state index < -0.39 is 0 Å². The number of nitrogens with zero attached hydrogens (tertiary/aromatic N) is 2. The molecule has 1 aromatic heterocycles. The summed E-state index contributed by atoms with van der Waals surface area (Å²) in [6, 6.07) is 2.20. The van der Waals surface area contributed by atoms with Crippen molar-refractivity contribution in [2.24, 2.45) is 7.05 Å². The van der Waals surface area contributed by atoms with Crippen LogP contribution < -0.4 is 4.68 Å². The van der Waals surface area contributed by atoms with Crippen molar-refractivity contribution in [2.45, 2.75) is 27.3 Å². The molecule has 2 nitrogen and oxygen atoms in total. The summed E-state index contributed by atoms with van der Waals surface area (Å²) in [5.41, 5.74) is 2.65. The highest BCUT2D eigenvalue weighted by atomic mass is 15.4. The van der Waals surface area contributed by atoms with Crippen LogP contribution in [0.15, 0.2) is 6.07 Å². The van der Waals surface area contributed by atoms with Crippen LogP contribution in [0.25, 0.3) is 0 Å². The lowest BCUT2D eigenvalue weighted by Crippen LogP contribution is -2.41. The van der Waals surface area contributed by atoms with E-state index in [4.69, 9.17) is 0 Å². The standard InChI is InChI=1S/C8H15N2/c1-5-10-8(3)6-7(2)9(10)4/h6H,5H2,1-4H3/q+1. The van der Waals surface area contributed by atoms with Gasteiger partial charge in [-0.3, -0.25) is 0 Å². The minimum atomic E-state index is 1.05. The zero-order valence-electron chi connectivity index (χ0n) is 7.18. The Labute approximate surface area is 62.1 Å². The van der Waals surface area contributed by atoms with Gasteiger partial charge in [0.15, 0.2) is 7.05 Å². The molecule has 0 saturated heterocycles. The van der Waals surface area contributed by atoms with Gasteiger partial charge in [-0.15, -0.1) is 4.68 Å². The lowest BCUT2D eigenvalue weighted by atomic mass is 10.4. The zero-order chi connectivity index (χ0) is 7.72. The van der Waals surface area contributed by atoms with E-state index in [2.05, 4.69) is 43.2 Å². The van der Waals surface area contributed by atoms with Crippen LogP contribution in [-0.4, -0.2) is 4.68 Å². The maximum Gasteiger partial charge on any atom is 0.204 e. The highest BCUT2D eigenvalue weighted by molar-refractivity contribution is 5.00. The van der Waals surface area contributed by atoms with Gasteiger partial charge in [0.1, 0.15) is 0 Å². The first kappa shape index (κ1) is 7.32. The Bertz CT molecular complexity index is 236. The Morgan fingerprint density at radius 2 is 2.10 bits per heavy atom. The molecule has 0 aliphatic carbocycles. The molecular weight excluding hydrogens is 124 g/mol. The lowest BCUT2D eigenvalue weighted by Gasteiger charge is -1.96. The van der Waals surface area contributed by atoms with Gasteiger partial charge in [0.05, 0.1) is 12.2 Å². The zero-order valence-corrected chi connectivity index (χ0v) is 7.18. The number of aromatic nitrogens is 2. The van der Waals surface area contributed by atoms with Crippen LogP contribution in [0.2, 0.25) is 0 Å². The SMILES string of the molecule is CCn1c(C)cc(C)[n+]1C. The van der Waals surface area contributed by atoms with Crippen LogP contribution in [0.1, 0.15) is 18.3 Å². The van der Waals surface area contributed by atoms with Gasteiger partial charge in [-0.2, -0.15) is 4.68 Å². The molecule has 1 aromatic rings. The molecule has 56 valence electrons. The molecule has 1 heterocycles. The topological polar surface area (TPSA) is 8.81 Å². The third kappa shape index (κ3) is 0.939. The molecule has 0 aromatic carbocycles. The summed E-state index contributed by atoms with van der Waals surface area (Å²) in [6.07, 6.45) is 0. The van der Waals surface area contributed by atoms with Gasteiger partial charge in [-0.1, -0.05) is 0 Å². The number of rotatable bonds is 1. The van der Waals surface area contributed by atoms with Crippen molar-refractivity contribution >= 4 is 0 Å². The fourth-order valence-corrected chi connectivity index (χ4v) is 1.36. The molecule has 0 fully saturated rings. The van der Waals surface area contributed by atoms with Crippen LogP contribution >= 0.6 is 0 Å². The second kappa shape index (κ2) is 2.45. The van der Waals surface area contributed by atoms with Gasteiger partial charge < -0.3 is 0 Å². The van der Waals surface area contributed by atoms with Crippen molar-refractivity contribution in [1.29, 1.82) is 0 Å². The quantitative estimate of drug-likeness (QED) is 0.512. The molecular formula is C8H15N2+. The Balaban J connectivity index is 3.20. The first-order valence-electron chi connectivity index (χ1n) is 3.70. The Morgan fingerprint density at radius 3 is 2.30 bits per heavy atom. The Morgan fingerprint density at radius 1 is 1.50 bits per heavy atom. The normalized spacial score (nSPS) is 10.4. The predicted molar refractivity (Wildman–Crippen MR) is 40.8 cm³/mol. The monoisotopic (exact) mass is 139 g/mol. The van der Waals surface area contributed by atoms with Gasteiger partial charge in [-0.05, 0) is 13.8 Å². The third-order valence-electron chi connectivity index (χ3n) is 2.00. The van der Waals surface area contributed by atoms with E-state index in [-0.39, 0.29) is 0 Å². The first-order valence-corrected chi connectivity index (χ1v) is 3.70. The van der Waals surface area contributed by atoms with Crippen molar-refractivity contribution < 1.29 is 4.68 Å². The summed E-state index contributed by atoms with van der Waals surface area (Å²) in [5, 5.41) is 0. The summed E-state index contributed by atoms with van der Waals surface area (Å²) < 4.78 is 4.42. The Kier molecular flexibility index (Phi) is 1.79. The van der Waals surface area contributed by atoms with E-state index in [1.165, 1.54) is 11.4 Å². The molecule has 0 bridgehead atoms. The van der Waals surface area contributed by atoms with Gasteiger partial charge in [0.2, 0.25) is 5.69 Å². The molecule has 2 heteroatoms. The minimum absolute atomic E-state index is 1.05. The fourth-order valence-electron chi connectivity index (χ4n) is 1.36. The number of aryl methyl sites for hydroxylation is 2. The summed E-state index contributed by atoms with van der Waals surface area (Å²) >= 11 is 0. The molecule has 0 saturated carbocycles. The molecule has 0 spiro atoms. The third-order valence-corrected chi connectivity index (χ3v) is 2.00. The van der Waals surface area contributed by atoms with Gasteiger partial charge in [-0.25, -0.2) is 0 Å². The summed E-state index contributed by atoms with van der Waals surface area (Å²) in [6.45, 7) is 7.47. The summed E-state index contributed by atoms with van der Waals surface area (Å²) in [5.74, 6) is 0. The van der Waals surface area contributed by atoms with Crippen molar-refractivity contribution in [3.8, 4) is 0 Å². The summed E-state index contributed by atoms with van der Waals surface area (Å²) in [7, 11) is 2.09. The predicted octanol–water partition coefficient (Wildman–Crippen LogP) is 0.949. The molecule has 10 heavy (non-hydrogen) atoms. The first-order chi connectivity index (χ1) is 4.66. The van der Waals surface area contributed by atoms with Crippen LogP contribution in [0.4, 0.5) is 0 Å². The van der Waals surface area contributed by atoms with Crippen molar-refractivity contribution in [3.05, 3.63) is 17.5 Å². The van der Waals surface area contributed by atoms with E-state index in [9.17, 15) is 0 Å². The second-order valence-electron chi connectivity index (χ2n) is 2.67. The average molecular weight is 139 g/mol. The highest BCUT2D eigenvalue weighted by Gasteiger charge is 2.09. The van der Waals surface area contributed by atoms with E-state index >= 15 is 0 Å². The maximum atomic E-state index is 2.25. The van der Waals surface area contributed by atoms with Crippen molar-refractivity contribution in [2.75, 3.05) is 0 Å². The summed E-state index contributed by atoms with van der Waals surface area (Å²) in [4.78, 5) is 0. The minimum Gasteiger partial charge on any atom is -0.158 e. The van der Waals surface area contributed by atoms with E-state index in [0.717, 1.165) is 6.54 Å². The lowest BCUT2D eigenvalue weighted by molar-refractivity contribution is -0.758. The average Bonchev–Trinajstić information content (AvgIpc) is 2.09. The smallest absolute Gasteiger partial charge is 0.158 e. The van der Waals surface area contributed by atoms with E-state index in [0.29, 0.717) is 0 Å². The molecule has 0 N–H and O–H groups in total. The van der Waals surface area contributed by atoms with Crippen LogP contribution in [-0.2, 0) is 13.6 Å². The van der Waals surface area contributed by atoms with Crippen LogP contribution in [0.5, 0.6) is 0 Å². The van der Waals surface area contributed by atoms with E-state index in [1.54, 1.807) is 0 Å². The maximum absolute atomic E-state index is 2.25. The van der Waals surface area contributed by atoms with Gasteiger partial charge >= 0.3 is 0 Å². The molecule has 0 unspecified atom stereocenters. The molecule has 0 atom stereocenters. The largest absolute Gasteiger partial charge is 0.204 e. The van der Waals surface area contributed by atoms with Gasteiger partial charge in [0, 0.05) is 13.0 Å². The number of hydrogen-bond acceptors (Lipinski definition) is 0. The molecule has 0 radical (unpaired) electrons. The Hall–Kier alpha value is -0.790. The highest BCUT2D eigenvalue weighted by Crippen LogP contribution is 1.97. The van der Waals surface area contributed by atoms with Gasteiger partial charge in [0.25, 0.3) is 0 Å². The van der Waals surface area contributed by atoms with Crippen molar-refractivity contribution in [1.82, 2.24) is 4.68 Å². The number of hydrogen-bond donors (Lipinski definition) is 0. The molecule has 1 rings (SSSR count). The fraction of sp³-hybridized carbons (Fsp3) is 0.625. The molecule has 0 amide bonds. The van der Waals surface area contributed by atoms with Crippen LogP contribution in [0, 0.1) is 13.8 Å². The second-order valence-corrected chi connectivity index (χ2v) is 2.67. The van der Waals surface area contributed by atoms with E-state index in [1.807, 2.05) is 0 Å². The van der Waals surface area contributed by atoms with Crippen molar-refractivity contribution in [3.63, 3.8) is 0 Å².